The highest BCUT2D eigenvalue weighted by molar-refractivity contribution is 9.10. The Bertz CT molecular complexity index is 913. The molecule has 0 aliphatic carbocycles. The highest BCUT2D eigenvalue weighted by Gasteiger charge is 2.41. The van der Waals surface area contributed by atoms with E-state index in [4.69, 9.17) is 4.74 Å². The van der Waals surface area contributed by atoms with Crippen LogP contribution in [0.1, 0.15) is 18.2 Å². The Morgan fingerprint density at radius 1 is 1.15 bits per heavy atom. The quantitative estimate of drug-likeness (QED) is 0.642. The van der Waals surface area contributed by atoms with Crippen molar-refractivity contribution in [1.29, 1.82) is 0 Å². The molecule has 0 amide bonds. The molecular weight excluding hydrogens is 429 g/mol. The maximum Gasteiger partial charge on any atom is 0.433 e. The van der Waals surface area contributed by atoms with Gasteiger partial charge in [-0.25, -0.2) is 14.6 Å². The summed E-state index contributed by atoms with van der Waals surface area (Å²) in [5.41, 5.74) is -3.47. The van der Waals surface area contributed by atoms with Gasteiger partial charge >= 0.3 is 6.18 Å². The third-order valence-electron chi connectivity index (χ3n) is 3.69. The molecule has 1 N–H and O–H groups in total. The molecule has 0 aliphatic rings. The normalized spacial score (nSPS) is 14.0. The lowest BCUT2D eigenvalue weighted by Crippen LogP contribution is -2.31. The van der Waals surface area contributed by atoms with Crippen LogP contribution in [0.2, 0.25) is 0 Å². The van der Waals surface area contributed by atoms with Gasteiger partial charge in [-0.2, -0.15) is 18.3 Å². The Morgan fingerprint density at radius 3 is 2.44 bits per heavy atom. The number of rotatable bonds is 5. The SMILES string of the molecule is CC(O)(Cn1cncn1)c1ccc(Oc2ccc(Br)cc2)nc1C(F)(F)F. The first kappa shape index (κ1) is 19.3. The Balaban J connectivity index is 1.95. The zero-order valence-electron chi connectivity index (χ0n) is 14.0. The summed E-state index contributed by atoms with van der Waals surface area (Å²) in [6, 6.07) is 9.00. The first-order valence-electron chi connectivity index (χ1n) is 7.72. The molecule has 1 unspecified atom stereocenters. The average molecular weight is 443 g/mol. The van der Waals surface area contributed by atoms with E-state index in [2.05, 4.69) is 31.0 Å². The van der Waals surface area contributed by atoms with E-state index in [1.165, 1.54) is 30.3 Å². The van der Waals surface area contributed by atoms with Gasteiger partial charge in [-0.1, -0.05) is 15.9 Å². The van der Waals surface area contributed by atoms with Gasteiger partial charge in [-0.15, -0.1) is 0 Å². The van der Waals surface area contributed by atoms with Crippen molar-refractivity contribution in [3.8, 4) is 11.6 Å². The molecule has 2 heterocycles. The van der Waals surface area contributed by atoms with Crippen LogP contribution in [0.25, 0.3) is 0 Å². The molecule has 142 valence electrons. The third-order valence-corrected chi connectivity index (χ3v) is 4.22. The van der Waals surface area contributed by atoms with Gasteiger partial charge in [-0.05, 0) is 37.3 Å². The number of ether oxygens (including phenoxy) is 1. The molecule has 6 nitrogen and oxygen atoms in total. The summed E-state index contributed by atoms with van der Waals surface area (Å²) in [5.74, 6) is 0.103. The average Bonchev–Trinajstić information content (AvgIpc) is 3.08. The number of alkyl halides is 3. The van der Waals surface area contributed by atoms with E-state index >= 15 is 0 Å². The minimum absolute atomic E-state index is 0.218. The standard InChI is InChI=1S/C17H14BrF3N4O2/c1-16(26,8-25-10-22-9-23-25)13-6-7-14(24-15(13)17(19,20)21)27-12-4-2-11(18)3-5-12/h2-7,9-10,26H,8H2,1H3. The number of benzene rings is 1. The van der Waals surface area contributed by atoms with Crippen LogP contribution in [0.4, 0.5) is 13.2 Å². The second-order valence-corrected chi connectivity index (χ2v) is 6.88. The van der Waals surface area contributed by atoms with Crippen LogP contribution in [0.15, 0.2) is 53.5 Å². The van der Waals surface area contributed by atoms with Crippen LogP contribution in [-0.4, -0.2) is 24.9 Å². The second-order valence-electron chi connectivity index (χ2n) is 5.97. The summed E-state index contributed by atoms with van der Waals surface area (Å²) >= 11 is 3.26. The van der Waals surface area contributed by atoms with E-state index < -0.39 is 17.5 Å². The molecule has 1 atom stereocenters. The van der Waals surface area contributed by atoms with Crippen LogP contribution < -0.4 is 4.74 Å². The maximum atomic E-state index is 13.6. The van der Waals surface area contributed by atoms with E-state index in [1.54, 1.807) is 24.3 Å². The first-order chi connectivity index (χ1) is 12.6. The van der Waals surface area contributed by atoms with Crippen LogP contribution in [-0.2, 0) is 18.3 Å². The predicted octanol–water partition coefficient (Wildman–Crippen LogP) is 4.15. The van der Waals surface area contributed by atoms with E-state index in [0.29, 0.717) is 5.75 Å². The molecule has 2 aromatic heterocycles. The van der Waals surface area contributed by atoms with Crippen molar-refractivity contribution in [1.82, 2.24) is 19.7 Å². The molecule has 0 saturated carbocycles. The van der Waals surface area contributed by atoms with E-state index in [0.717, 1.165) is 10.5 Å². The molecule has 0 saturated heterocycles. The Morgan fingerprint density at radius 2 is 1.85 bits per heavy atom. The molecule has 27 heavy (non-hydrogen) atoms. The summed E-state index contributed by atoms with van der Waals surface area (Å²) in [6.45, 7) is 1.04. The molecule has 0 spiro atoms. The number of hydrogen-bond donors (Lipinski definition) is 1. The largest absolute Gasteiger partial charge is 0.439 e. The molecule has 3 aromatic rings. The zero-order chi connectivity index (χ0) is 19.7. The van der Waals surface area contributed by atoms with Gasteiger partial charge in [-0.3, -0.25) is 0 Å². The zero-order valence-corrected chi connectivity index (χ0v) is 15.6. The number of hydrogen-bond acceptors (Lipinski definition) is 5. The number of aromatic nitrogens is 4. The summed E-state index contributed by atoms with van der Waals surface area (Å²) < 4.78 is 48.1. The van der Waals surface area contributed by atoms with Crippen LogP contribution in [0.5, 0.6) is 11.6 Å². The van der Waals surface area contributed by atoms with Crippen LogP contribution >= 0.6 is 15.9 Å². The van der Waals surface area contributed by atoms with Crippen LogP contribution in [0.3, 0.4) is 0 Å². The Labute approximate surface area is 160 Å². The fraction of sp³-hybridized carbons (Fsp3) is 0.235. The van der Waals surface area contributed by atoms with Crippen molar-refractivity contribution < 1.29 is 23.0 Å². The summed E-state index contributed by atoms with van der Waals surface area (Å²) in [5, 5.41) is 14.5. The van der Waals surface area contributed by atoms with Crippen LogP contribution in [0, 0.1) is 0 Å². The van der Waals surface area contributed by atoms with Gasteiger partial charge in [0.1, 0.15) is 24.0 Å². The second kappa shape index (κ2) is 7.28. The molecule has 10 heteroatoms. The van der Waals surface area contributed by atoms with Gasteiger partial charge in [0.05, 0.1) is 6.54 Å². The highest BCUT2D eigenvalue weighted by atomic mass is 79.9. The van der Waals surface area contributed by atoms with E-state index in [-0.39, 0.29) is 18.0 Å². The third kappa shape index (κ3) is 4.64. The monoisotopic (exact) mass is 442 g/mol. The molecule has 0 fully saturated rings. The molecular formula is C17H14BrF3N4O2. The summed E-state index contributed by atoms with van der Waals surface area (Å²) in [7, 11) is 0. The predicted molar refractivity (Wildman–Crippen MR) is 93.0 cm³/mol. The molecule has 0 bridgehead atoms. The van der Waals surface area contributed by atoms with Crippen molar-refractivity contribution in [2.24, 2.45) is 0 Å². The van der Waals surface area contributed by atoms with Gasteiger partial charge < -0.3 is 9.84 Å². The van der Waals surface area contributed by atoms with E-state index in [9.17, 15) is 18.3 Å². The van der Waals surface area contributed by atoms with Crippen molar-refractivity contribution in [2.45, 2.75) is 25.2 Å². The maximum absolute atomic E-state index is 13.6. The van der Waals surface area contributed by atoms with Crippen molar-refractivity contribution in [3.05, 3.63) is 64.8 Å². The smallest absolute Gasteiger partial charge is 0.433 e. The number of nitrogens with zero attached hydrogens (tertiary/aromatic N) is 4. The van der Waals surface area contributed by atoms with Gasteiger partial charge in [0.25, 0.3) is 0 Å². The highest BCUT2D eigenvalue weighted by Crippen LogP contribution is 2.38. The number of aliphatic hydroxyl groups is 1. The van der Waals surface area contributed by atoms with Crippen molar-refractivity contribution in [2.75, 3.05) is 0 Å². The number of pyridine rings is 1. The molecule has 0 radical (unpaired) electrons. The lowest BCUT2D eigenvalue weighted by Gasteiger charge is -2.26. The van der Waals surface area contributed by atoms with Crippen molar-refractivity contribution in [3.63, 3.8) is 0 Å². The molecule has 0 aliphatic heterocycles. The minimum atomic E-state index is -4.78. The molecule has 1 aromatic carbocycles. The minimum Gasteiger partial charge on any atom is -0.439 e. The van der Waals surface area contributed by atoms with Gasteiger partial charge in [0.2, 0.25) is 5.88 Å². The van der Waals surface area contributed by atoms with Gasteiger partial charge in [0.15, 0.2) is 5.69 Å². The molecule has 3 rings (SSSR count). The fourth-order valence-corrected chi connectivity index (χ4v) is 2.75. The lowest BCUT2D eigenvalue weighted by molar-refractivity contribution is -0.144. The Hall–Kier alpha value is -2.46. The fourth-order valence-electron chi connectivity index (χ4n) is 2.49. The lowest BCUT2D eigenvalue weighted by atomic mass is 9.94. The summed E-state index contributed by atoms with van der Waals surface area (Å²) in [4.78, 5) is 7.31. The topological polar surface area (TPSA) is 73.1 Å². The number of halogens is 4. The van der Waals surface area contributed by atoms with Gasteiger partial charge in [0, 0.05) is 16.1 Å². The van der Waals surface area contributed by atoms with Crippen molar-refractivity contribution >= 4 is 15.9 Å². The first-order valence-corrected chi connectivity index (χ1v) is 8.51. The Kier molecular flexibility index (Phi) is 5.20. The van der Waals surface area contributed by atoms with E-state index in [1.807, 2.05) is 0 Å². The summed E-state index contributed by atoms with van der Waals surface area (Å²) in [6.07, 6.45) is -2.24.